The van der Waals surface area contributed by atoms with Gasteiger partial charge in [0.05, 0.1) is 5.39 Å². The van der Waals surface area contributed by atoms with Crippen LogP contribution in [0.25, 0.3) is 21.3 Å². The van der Waals surface area contributed by atoms with E-state index in [-0.39, 0.29) is 11.6 Å². The number of rotatable bonds is 3. The van der Waals surface area contributed by atoms with E-state index in [0.29, 0.717) is 0 Å². The maximum Gasteiger partial charge on any atom is 0.263 e. The van der Waals surface area contributed by atoms with E-state index in [4.69, 9.17) is 4.98 Å². The van der Waals surface area contributed by atoms with Crippen molar-refractivity contribution in [2.75, 3.05) is 20.1 Å². The van der Waals surface area contributed by atoms with Gasteiger partial charge < -0.3 is 4.90 Å². The molecule has 0 aliphatic carbocycles. The average molecular weight is 368 g/mol. The average Bonchev–Trinajstić information content (AvgIpc) is 3.07. The summed E-state index contributed by atoms with van der Waals surface area (Å²) in [7, 11) is 2.15. The van der Waals surface area contributed by atoms with Crippen molar-refractivity contribution in [2.24, 2.45) is 0 Å². The van der Waals surface area contributed by atoms with Crippen LogP contribution in [0.5, 0.6) is 0 Å². The van der Waals surface area contributed by atoms with Gasteiger partial charge in [0.1, 0.15) is 10.7 Å². The number of aromatic nitrogens is 2. The molecule has 0 saturated carbocycles. The van der Waals surface area contributed by atoms with Gasteiger partial charge in [0.15, 0.2) is 0 Å². The van der Waals surface area contributed by atoms with Crippen molar-refractivity contribution in [1.82, 2.24) is 14.5 Å². The Bertz CT molecular complexity index is 979. The van der Waals surface area contributed by atoms with Gasteiger partial charge in [-0.05, 0) is 45.5 Å². The third kappa shape index (κ3) is 2.99. The van der Waals surface area contributed by atoms with Gasteiger partial charge in [-0.2, -0.15) is 0 Å². The van der Waals surface area contributed by atoms with E-state index in [1.807, 2.05) is 4.57 Å². The molecule has 0 N–H and O–H groups in total. The minimum atomic E-state index is 0.137. The molecule has 4 rings (SSSR count). The Morgan fingerprint density at radius 3 is 2.54 bits per heavy atom. The molecule has 1 saturated heterocycles. The Kier molecular flexibility index (Phi) is 4.67. The van der Waals surface area contributed by atoms with Crippen LogP contribution in [0, 0.1) is 6.92 Å². The molecule has 1 aliphatic heterocycles. The lowest BCUT2D eigenvalue weighted by molar-refractivity contribution is 0.216. The first-order chi connectivity index (χ1) is 12.6. The van der Waals surface area contributed by atoms with E-state index in [1.165, 1.54) is 5.56 Å². The lowest BCUT2D eigenvalue weighted by Gasteiger charge is -2.31. The molecule has 1 fully saturated rings. The van der Waals surface area contributed by atoms with E-state index in [2.05, 4.69) is 55.4 Å². The standard InChI is InChI=1S/C21H25N3OS/c1-4-18-22-20-19(17(13-26-20)15-7-5-14(2)6-8-15)21(25)24(18)16-9-11-23(3)12-10-16/h5-8,13,16H,4,9-12H2,1-3H3. The highest BCUT2D eigenvalue weighted by molar-refractivity contribution is 7.17. The number of likely N-dealkylation sites (tertiary alicyclic amines) is 1. The van der Waals surface area contributed by atoms with Crippen molar-refractivity contribution >= 4 is 21.6 Å². The predicted molar refractivity (Wildman–Crippen MR) is 109 cm³/mol. The molecule has 136 valence electrons. The lowest BCUT2D eigenvalue weighted by Crippen LogP contribution is -2.37. The topological polar surface area (TPSA) is 38.1 Å². The van der Waals surface area contributed by atoms with E-state index < -0.39 is 0 Å². The second-order valence-corrected chi connectivity index (χ2v) is 8.14. The predicted octanol–water partition coefficient (Wildman–Crippen LogP) is 4.26. The first kappa shape index (κ1) is 17.4. The van der Waals surface area contributed by atoms with Gasteiger partial charge in [0.25, 0.3) is 5.56 Å². The Morgan fingerprint density at radius 1 is 1.19 bits per heavy atom. The minimum absolute atomic E-state index is 0.137. The van der Waals surface area contributed by atoms with Gasteiger partial charge in [-0.15, -0.1) is 11.3 Å². The minimum Gasteiger partial charge on any atom is -0.306 e. The summed E-state index contributed by atoms with van der Waals surface area (Å²) in [5, 5.41) is 2.87. The fourth-order valence-corrected chi connectivity index (χ4v) is 4.83. The molecule has 2 aromatic heterocycles. The summed E-state index contributed by atoms with van der Waals surface area (Å²) in [5.41, 5.74) is 3.48. The highest BCUT2D eigenvalue weighted by Crippen LogP contribution is 2.32. The maximum absolute atomic E-state index is 13.5. The molecule has 1 aliphatic rings. The molecule has 3 heterocycles. The maximum atomic E-state index is 13.5. The number of benzene rings is 1. The summed E-state index contributed by atoms with van der Waals surface area (Å²) < 4.78 is 2.00. The van der Waals surface area contributed by atoms with Gasteiger partial charge >= 0.3 is 0 Å². The molecular weight excluding hydrogens is 342 g/mol. The molecule has 0 amide bonds. The van der Waals surface area contributed by atoms with Crippen molar-refractivity contribution in [3.63, 3.8) is 0 Å². The molecule has 0 unspecified atom stereocenters. The second-order valence-electron chi connectivity index (χ2n) is 7.29. The molecule has 3 aromatic rings. The molecule has 0 radical (unpaired) electrons. The van der Waals surface area contributed by atoms with Crippen molar-refractivity contribution < 1.29 is 0 Å². The SMILES string of the molecule is CCc1nc2scc(-c3ccc(C)cc3)c2c(=O)n1C1CCN(C)CC1. The molecule has 5 heteroatoms. The normalized spacial score (nSPS) is 16.4. The number of hydrogen-bond donors (Lipinski definition) is 0. The molecule has 0 atom stereocenters. The number of hydrogen-bond acceptors (Lipinski definition) is 4. The monoisotopic (exact) mass is 367 g/mol. The first-order valence-electron chi connectivity index (χ1n) is 9.36. The Labute approximate surface area is 158 Å². The van der Waals surface area contributed by atoms with Crippen LogP contribution in [-0.4, -0.2) is 34.6 Å². The number of fused-ring (bicyclic) bond motifs is 1. The lowest BCUT2D eigenvalue weighted by atomic mass is 10.0. The van der Waals surface area contributed by atoms with Crippen LogP contribution in [0.15, 0.2) is 34.4 Å². The highest BCUT2D eigenvalue weighted by atomic mass is 32.1. The van der Waals surface area contributed by atoms with Crippen LogP contribution < -0.4 is 5.56 Å². The van der Waals surface area contributed by atoms with Crippen LogP contribution in [0.2, 0.25) is 0 Å². The smallest absolute Gasteiger partial charge is 0.263 e. The number of thiophene rings is 1. The molecule has 26 heavy (non-hydrogen) atoms. The van der Waals surface area contributed by atoms with Gasteiger partial charge in [-0.3, -0.25) is 9.36 Å². The van der Waals surface area contributed by atoms with Gasteiger partial charge in [0.2, 0.25) is 0 Å². The summed E-state index contributed by atoms with van der Waals surface area (Å²) >= 11 is 1.58. The van der Waals surface area contributed by atoms with Crippen LogP contribution in [-0.2, 0) is 6.42 Å². The number of piperidine rings is 1. The summed E-state index contributed by atoms with van der Waals surface area (Å²) in [6, 6.07) is 8.66. The zero-order chi connectivity index (χ0) is 18.3. The molecule has 4 nitrogen and oxygen atoms in total. The number of nitrogens with zero attached hydrogens (tertiary/aromatic N) is 3. The van der Waals surface area contributed by atoms with Crippen LogP contribution in [0.3, 0.4) is 0 Å². The molecular formula is C21H25N3OS. The van der Waals surface area contributed by atoms with E-state index >= 15 is 0 Å². The van der Waals surface area contributed by atoms with Crippen molar-refractivity contribution in [2.45, 2.75) is 39.2 Å². The zero-order valence-corrected chi connectivity index (χ0v) is 16.5. The Balaban J connectivity index is 1.89. The Hall–Kier alpha value is -1.98. The Morgan fingerprint density at radius 2 is 1.88 bits per heavy atom. The van der Waals surface area contributed by atoms with E-state index in [9.17, 15) is 4.79 Å². The molecule has 0 bridgehead atoms. The third-order valence-corrected chi connectivity index (χ3v) is 6.32. The van der Waals surface area contributed by atoms with Crippen LogP contribution in [0.1, 0.15) is 37.2 Å². The van der Waals surface area contributed by atoms with Crippen molar-refractivity contribution in [1.29, 1.82) is 0 Å². The largest absolute Gasteiger partial charge is 0.306 e. The summed E-state index contributed by atoms with van der Waals surface area (Å²) in [4.78, 5) is 21.6. The highest BCUT2D eigenvalue weighted by Gasteiger charge is 2.24. The van der Waals surface area contributed by atoms with Crippen molar-refractivity contribution in [3.8, 4) is 11.1 Å². The van der Waals surface area contributed by atoms with Gasteiger partial charge in [0, 0.05) is 23.4 Å². The van der Waals surface area contributed by atoms with Gasteiger partial charge in [-0.1, -0.05) is 36.8 Å². The fraction of sp³-hybridized carbons (Fsp3) is 0.429. The van der Waals surface area contributed by atoms with E-state index in [1.54, 1.807) is 11.3 Å². The fourth-order valence-electron chi connectivity index (χ4n) is 3.87. The van der Waals surface area contributed by atoms with Crippen LogP contribution >= 0.6 is 11.3 Å². The molecule has 1 aromatic carbocycles. The van der Waals surface area contributed by atoms with E-state index in [0.717, 1.165) is 59.5 Å². The first-order valence-corrected chi connectivity index (χ1v) is 10.2. The summed E-state index contributed by atoms with van der Waals surface area (Å²) in [6.45, 7) is 6.24. The number of aryl methyl sites for hydroxylation is 2. The van der Waals surface area contributed by atoms with Gasteiger partial charge in [-0.25, -0.2) is 4.98 Å². The summed E-state index contributed by atoms with van der Waals surface area (Å²) in [5.74, 6) is 0.925. The second kappa shape index (κ2) is 6.97. The van der Waals surface area contributed by atoms with Crippen molar-refractivity contribution in [3.05, 3.63) is 51.4 Å². The van der Waals surface area contributed by atoms with Crippen LogP contribution in [0.4, 0.5) is 0 Å². The third-order valence-electron chi connectivity index (χ3n) is 5.44. The zero-order valence-electron chi connectivity index (χ0n) is 15.7. The molecule has 0 spiro atoms. The summed E-state index contributed by atoms with van der Waals surface area (Å²) in [6.07, 6.45) is 2.82. The quantitative estimate of drug-likeness (QED) is 0.694.